The number of carboxylic acid groups (broad SMARTS) is 1. The summed E-state index contributed by atoms with van der Waals surface area (Å²) in [5.74, 6) is -0.719. The first-order chi connectivity index (χ1) is 4.21. The Bertz CT molecular complexity index is 145. The first-order valence-corrected chi connectivity index (χ1v) is 3.08. The zero-order valence-corrected chi connectivity index (χ0v) is 5.26. The summed E-state index contributed by atoms with van der Waals surface area (Å²) in [5.41, 5.74) is -0.556. The lowest BCUT2D eigenvalue weighted by atomic mass is 9.69. The third-order valence-electron chi connectivity index (χ3n) is 2.06. The van der Waals surface area contributed by atoms with Crippen LogP contribution in [0, 0.1) is 5.41 Å². The molecule has 0 aromatic rings. The quantitative estimate of drug-likeness (QED) is 0.568. The van der Waals surface area contributed by atoms with Crippen molar-refractivity contribution in [1.82, 2.24) is 0 Å². The van der Waals surface area contributed by atoms with Crippen LogP contribution in [-0.4, -0.2) is 11.1 Å². The summed E-state index contributed by atoms with van der Waals surface area (Å²) < 4.78 is 0. The van der Waals surface area contributed by atoms with Gasteiger partial charge >= 0.3 is 5.97 Å². The molecule has 0 heterocycles. The number of hydrogen-bond donors (Lipinski definition) is 1. The molecule has 0 saturated heterocycles. The summed E-state index contributed by atoms with van der Waals surface area (Å²) in [7, 11) is 0. The molecule has 2 nitrogen and oxygen atoms in total. The van der Waals surface area contributed by atoms with Gasteiger partial charge in [-0.05, 0) is 12.8 Å². The molecule has 9 heavy (non-hydrogen) atoms. The molecule has 1 aliphatic carbocycles. The Labute approximate surface area is 54.2 Å². The summed E-state index contributed by atoms with van der Waals surface area (Å²) in [6.07, 6.45) is 4.12. The van der Waals surface area contributed by atoms with Crippen LogP contribution in [0.25, 0.3) is 0 Å². The molecule has 1 aliphatic rings. The topological polar surface area (TPSA) is 37.3 Å². The maximum absolute atomic E-state index is 10.5. The van der Waals surface area contributed by atoms with E-state index in [0.29, 0.717) is 0 Å². The molecule has 1 fully saturated rings. The third-order valence-corrected chi connectivity index (χ3v) is 2.06. The zero-order chi connectivity index (χ0) is 6.91. The second kappa shape index (κ2) is 1.87. The Morgan fingerprint density at radius 3 is 2.22 bits per heavy atom. The monoisotopic (exact) mass is 126 g/mol. The van der Waals surface area contributed by atoms with Gasteiger partial charge in [0.15, 0.2) is 0 Å². The minimum atomic E-state index is -0.719. The van der Waals surface area contributed by atoms with Crippen molar-refractivity contribution in [3.05, 3.63) is 12.7 Å². The van der Waals surface area contributed by atoms with E-state index in [0.717, 1.165) is 19.3 Å². The summed E-state index contributed by atoms with van der Waals surface area (Å²) in [6.45, 7) is 3.50. The van der Waals surface area contributed by atoms with Crippen LogP contribution in [0.2, 0.25) is 0 Å². The fourth-order valence-electron chi connectivity index (χ4n) is 1.06. The summed E-state index contributed by atoms with van der Waals surface area (Å²) in [5, 5.41) is 8.61. The van der Waals surface area contributed by atoms with Gasteiger partial charge in [-0.15, -0.1) is 6.58 Å². The lowest BCUT2D eigenvalue weighted by Gasteiger charge is -2.34. The van der Waals surface area contributed by atoms with Crippen LogP contribution in [0.1, 0.15) is 19.3 Å². The van der Waals surface area contributed by atoms with Crippen molar-refractivity contribution >= 4 is 5.97 Å². The Hall–Kier alpha value is -0.790. The third kappa shape index (κ3) is 0.745. The van der Waals surface area contributed by atoms with E-state index in [2.05, 4.69) is 6.58 Å². The molecule has 0 unspecified atom stereocenters. The van der Waals surface area contributed by atoms with Crippen molar-refractivity contribution in [1.29, 1.82) is 0 Å². The Morgan fingerprint density at radius 2 is 2.22 bits per heavy atom. The maximum Gasteiger partial charge on any atom is 0.313 e. The predicted molar refractivity (Wildman–Crippen MR) is 34.1 cm³/mol. The van der Waals surface area contributed by atoms with Crippen molar-refractivity contribution in [2.75, 3.05) is 0 Å². The average molecular weight is 126 g/mol. The van der Waals surface area contributed by atoms with Gasteiger partial charge in [-0.3, -0.25) is 4.79 Å². The minimum Gasteiger partial charge on any atom is -0.481 e. The van der Waals surface area contributed by atoms with Crippen molar-refractivity contribution < 1.29 is 9.90 Å². The van der Waals surface area contributed by atoms with Crippen molar-refractivity contribution in [2.45, 2.75) is 19.3 Å². The van der Waals surface area contributed by atoms with Gasteiger partial charge in [0.1, 0.15) is 0 Å². The molecule has 0 aromatic heterocycles. The molecule has 0 aromatic carbocycles. The molecule has 50 valence electrons. The first kappa shape index (κ1) is 6.33. The molecule has 1 rings (SSSR count). The normalized spacial score (nSPS) is 22.2. The molecule has 0 amide bonds. The zero-order valence-electron chi connectivity index (χ0n) is 5.26. The predicted octanol–water partition coefficient (Wildman–Crippen LogP) is 1.43. The molecule has 1 saturated carbocycles. The van der Waals surface area contributed by atoms with Gasteiger partial charge in [-0.2, -0.15) is 0 Å². The number of rotatable bonds is 2. The van der Waals surface area contributed by atoms with Crippen LogP contribution in [0.15, 0.2) is 12.7 Å². The van der Waals surface area contributed by atoms with Crippen molar-refractivity contribution in [2.24, 2.45) is 5.41 Å². The summed E-state index contributed by atoms with van der Waals surface area (Å²) in [6, 6.07) is 0. The molecule has 2 heteroatoms. The molecule has 0 spiro atoms. The van der Waals surface area contributed by atoms with Gasteiger partial charge in [-0.1, -0.05) is 12.5 Å². The van der Waals surface area contributed by atoms with E-state index in [1.165, 1.54) is 0 Å². The fraction of sp³-hybridized carbons (Fsp3) is 0.571. The molecule has 0 atom stereocenters. The van der Waals surface area contributed by atoms with E-state index in [9.17, 15) is 4.79 Å². The lowest BCUT2D eigenvalue weighted by molar-refractivity contribution is -0.150. The summed E-state index contributed by atoms with van der Waals surface area (Å²) >= 11 is 0. The van der Waals surface area contributed by atoms with Crippen LogP contribution in [0.5, 0.6) is 0 Å². The molecular weight excluding hydrogens is 116 g/mol. The molecule has 0 bridgehead atoms. The maximum atomic E-state index is 10.5. The Kier molecular flexibility index (Phi) is 1.31. The van der Waals surface area contributed by atoms with Crippen molar-refractivity contribution in [3.8, 4) is 0 Å². The number of carboxylic acids is 1. The van der Waals surface area contributed by atoms with Gasteiger partial charge < -0.3 is 5.11 Å². The molecule has 0 aliphatic heterocycles. The standard InChI is InChI=1S/C7H10O2/c1-2-7(6(8)9)4-3-5-7/h2H,1,3-5H2,(H,8,9). The number of hydrogen-bond acceptors (Lipinski definition) is 1. The summed E-state index contributed by atoms with van der Waals surface area (Å²) in [4.78, 5) is 10.5. The second-order valence-corrected chi connectivity index (χ2v) is 2.52. The fourth-order valence-corrected chi connectivity index (χ4v) is 1.06. The first-order valence-electron chi connectivity index (χ1n) is 3.08. The van der Waals surface area contributed by atoms with E-state index in [1.54, 1.807) is 6.08 Å². The second-order valence-electron chi connectivity index (χ2n) is 2.52. The van der Waals surface area contributed by atoms with Gasteiger partial charge in [0.25, 0.3) is 0 Å². The van der Waals surface area contributed by atoms with Gasteiger partial charge in [0.05, 0.1) is 5.41 Å². The van der Waals surface area contributed by atoms with E-state index < -0.39 is 11.4 Å². The van der Waals surface area contributed by atoms with Crippen LogP contribution in [-0.2, 0) is 4.79 Å². The minimum absolute atomic E-state index is 0.556. The lowest BCUT2D eigenvalue weighted by Crippen LogP contribution is -2.35. The smallest absolute Gasteiger partial charge is 0.313 e. The number of aliphatic carboxylic acids is 1. The van der Waals surface area contributed by atoms with E-state index in [4.69, 9.17) is 5.11 Å². The van der Waals surface area contributed by atoms with Gasteiger partial charge in [-0.25, -0.2) is 0 Å². The van der Waals surface area contributed by atoms with Gasteiger partial charge in [0, 0.05) is 0 Å². The van der Waals surface area contributed by atoms with Gasteiger partial charge in [0.2, 0.25) is 0 Å². The Morgan fingerprint density at radius 1 is 1.67 bits per heavy atom. The van der Waals surface area contributed by atoms with Crippen molar-refractivity contribution in [3.63, 3.8) is 0 Å². The van der Waals surface area contributed by atoms with E-state index >= 15 is 0 Å². The van der Waals surface area contributed by atoms with E-state index in [-0.39, 0.29) is 0 Å². The highest BCUT2D eigenvalue weighted by Gasteiger charge is 2.41. The molecule has 0 radical (unpaired) electrons. The SMILES string of the molecule is C=CC1(C(=O)O)CCC1. The van der Waals surface area contributed by atoms with Crippen LogP contribution in [0.3, 0.4) is 0 Å². The highest BCUT2D eigenvalue weighted by Crippen LogP contribution is 2.41. The van der Waals surface area contributed by atoms with Crippen LogP contribution in [0.4, 0.5) is 0 Å². The van der Waals surface area contributed by atoms with E-state index in [1.807, 2.05) is 0 Å². The average Bonchev–Trinajstić information content (AvgIpc) is 1.62. The highest BCUT2D eigenvalue weighted by atomic mass is 16.4. The Balaban J connectivity index is 2.68. The highest BCUT2D eigenvalue weighted by molar-refractivity contribution is 5.77. The number of carbonyl (C=O) groups is 1. The molecule has 1 N–H and O–H groups in total. The largest absolute Gasteiger partial charge is 0.481 e. The van der Waals surface area contributed by atoms with Crippen LogP contribution >= 0.6 is 0 Å². The van der Waals surface area contributed by atoms with Crippen LogP contribution < -0.4 is 0 Å². The molecular formula is C7H10O2.